The van der Waals surface area contributed by atoms with Crippen molar-refractivity contribution in [2.75, 3.05) is 0 Å². The van der Waals surface area contributed by atoms with Gasteiger partial charge in [0, 0.05) is 23.6 Å². The number of fused-ring (bicyclic) bond motifs is 2. The molecule has 2 aromatic rings. The molecule has 1 aromatic heterocycles. The first-order valence-corrected chi connectivity index (χ1v) is 7.08. The number of aryl methyl sites for hydroxylation is 1. The molecule has 3 nitrogen and oxygen atoms in total. The van der Waals surface area contributed by atoms with Crippen LogP contribution in [0.5, 0.6) is 5.75 Å². The summed E-state index contributed by atoms with van der Waals surface area (Å²) in [6, 6.07) is 6.01. The Kier molecular flexibility index (Phi) is 2.67. The van der Waals surface area contributed by atoms with E-state index in [0.29, 0.717) is 6.42 Å². The topological polar surface area (TPSA) is 42.4 Å². The van der Waals surface area contributed by atoms with E-state index in [1.165, 1.54) is 5.56 Å². The maximum atomic E-state index is 10.4. The molecule has 0 radical (unpaired) electrons. The van der Waals surface area contributed by atoms with Crippen molar-refractivity contribution in [3.63, 3.8) is 0 Å². The molecule has 0 bridgehead atoms. The predicted molar refractivity (Wildman–Crippen MR) is 78.8 cm³/mol. The van der Waals surface area contributed by atoms with Gasteiger partial charge in [-0.15, -0.1) is 0 Å². The highest BCUT2D eigenvalue weighted by atomic mass is 79.9. The molecule has 0 saturated carbocycles. The monoisotopic (exact) mass is 321 g/mol. The van der Waals surface area contributed by atoms with Crippen LogP contribution in [0.25, 0.3) is 10.9 Å². The Hall–Kier alpha value is -1.13. The van der Waals surface area contributed by atoms with Gasteiger partial charge in [-0.1, -0.05) is 0 Å². The van der Waals surface area contributed by atoms with Gasteiger partial charge >= 0.3 is 0 Å². The van der Waals surface area contributed by atoms with Crippen LogP contribution in [0, 0.1) is 6.92 Å². The molecule has 0 amide bonds. The molecule has 3 rings (SSSR count). The summed E-state index contributed by atoms with van der Waals surface area (Å²) in [6.07, 6.45) is 2.30. The summed E-state index contributed by atoms with van der Waals surface area (Å²) in [5.74, 6) is 0.831. The van der Waals surface area contributed by atoms with E-state index in [1.54, 1.807) is 6.20 Å². The lowest BCUT2D eigenvalue weighted by Crippen LogP contribution is -2.53. The third kappa shape index (κ3) is 1.94. The number of benzene rings is 1. The van der Waals surface area contributed by atoms with Crippen LogP contribution in [-0.2, 0) is 6.42 Å². The SMILES string of the molecule is Cc1ccnc2cc3c(cc12)OC(C)(C)C(O)(Br)C3. The average Bonchev–Trinajstić information content (AvgIpc) is 2.29. The molecular formula is C15H16BrNO2. The lowest BCUT2D eigenvalue weighted by molar-refractivity contribution is -0.0603. The molecule has 1 aliphatic heterocycles. The Morgan fingerprint density at radius 2 is 2.11 bits per heavy atom. The first kappa shape index (κ1) is 12.9. The molecule has 1 unspecified atom stereocenters. The largest absolute Gasteiger partial charge is 0.484 e. The van der Waals surface area contributed by atoms with Crippen LogP contribution in [0.2, 0.25) is 0 Å². The molecule has 0 aliphatic carbocycles. The van der Waals surface area contributed by atoms with Crippen LogP contribution in [0.15, 0.2) is 24.4 Å². The van der Waals surface area contributed by atoms with Crippen molar-refractivity contribution in [1.82, 2.24) is 4.98 Å². The molecule has 0 spiro atoms. The third-order valence-electron chi connectivity index (χ3n) is 3.85. The Labute approximate surface area is 120 Å². The molecule has 1 atom stereocenters. The van der Waals surface area contributed by atoms with E-state index in [1.807, 2.05) is 32.0 Å². The van der Waals surface area contributed by atoms with E-state index in [0.717, 1.165) is 22.2 Å². The molecule has 1 aliphatic rings. The maximum Gasteiger partial charge on any atom is 0.162 e. The third-order valence-corrected chi connectivity index (χ3v) is 5.09. The van der Waals surface area contributed by atoms with Crippen LogP contribution < -0.4 is 4.74 Å². The fourth-order valence-electron chi connectivity index (χ4n) is 2.40. The number of aliphatic hydroxyl groups is 1. The zero-order valence-electron chi connectivity index (χ0n) is 11.2. The summed E-state index contributed by atoms with van der Waals surface area (Å²) in [5.41, 5.74) is 2.41. The lowest BCUT2D eigenvalue weighted by atomic mass is 9.90. The van der Waals surface area contributed by atoms with Gasteiger partial charge in [-0.05, 0) is 60.5 Å². The second-order valence-electron chi connectivity index (χ2n) is 5.65. The molecule has 2 heterocycles. The van der Waals surface area contributed by atoms with Gasteiger partial charge in [-0.3, -0.25) is 4.98 Å². The molecule has 0 fully saturated rings. The normalized spacial score (nSPS) is 24.9. The summed E-state index contributed by atoms with van der Waals surface area (Å²) >= 11 is 3.37. The van der Waals surface area contributed by atoms with Gasteiger partial charge in [0.1, 0.15) is 11.4 Å². The second-order valence-corrected chi connectivity index (χ2v) is 6.97. The van der Waals surface area contributed by atoms with Crippen LogP contribution >= 0.6 is 15.9 Å². The number of hydrogen-bond acceptors (Lipinski definition) is 3. The summed E-state index contributed by atoms with van der Waals surface area (Å²) < 4.78 is 4.91. The highest BCUT2D eigenvalue weighted by Crippen LogP contribution is 2.44. The van der Waals surface area contributed by atoms with Gasteiger partial charge in [0.15, 0.2) is 4.51 Å². The Balaban J connectivity index is 2.22. The van der Waals surface area contributed by atoms with Crippen molar-refractivity contribution >= 4 is 26.8 Å². The van der Waals surface area contributed by atoms with Gasteiger partial charge in [0.05, 0.1) is 5.52 Å². The summed E-state index contributed by atoms with van der Waals surface area (Å²) in [7, 11) is 0. The molecule has 0 saturated heterocycles. The smallest absolute Gasteiger partial charge is 0.162 e. The summed E-state index contributed by atoms with van der Waals surface area (Å²) in [6.45, 7) is 5.82. The molecule has 100 valence electrons. The zero-order valence-corrected chi connectivity index (χ0v) is 12.8. The lowest BCUT2D eigenvalue weighted by Gasteiger charge is -2.43. The fraction of sp³-hybridized carbons (Fsp3) is 0.400. The number of aromatic nitrogens is 1. The number of alkyl halides is 1. The minimum absolute atomic E-state index is 0.501. The molecule has 1 aromatic carbocycles. The minimum atomic E-state index is -1.06. The van der Waals surface area contributed by atoms with Gasteiger partial charge in [-0.25, -0.2) is 0 Å². The van der Waals surface area contributed by atoms with Crippen molar-refractivity contribution in [2.24, 2.45) is 0 Å². The van der Waals surface area contributed by atoms with Crippen LogP contribution in [0.3, 0.4) is 0 Å². The van der Waals surface area contributed by atoms with Crippen molar-refractivity contribution < 1.29 is 9.84 Å². The highest BCUT2D eigenvalue weighted by Gasteiger charge is 2.47. The van der Waals surface area contributed by atoms with Crippen LogP contribution in [0.1, 0.15) is 25.0 Å². The van der Waals surface area contributed by atoms with Crippen molar-refractivity contribution in [3.05, 3.63) is 35.5 Å². The summed E-state index contributed by atoms with van der Waals surface area (Å²) in [4.78, 5) is 4.38. The fourth-order valence-corrected chi connectivity index (χ4v) is 2.79. The maximum absolute atomic E-state index is 10.4. The van der Waals surface area contributed by atoms with Crippen molar-refractivity contribution in [3.8, 4) is 5.75 Å². The number of hydrogen-bond donors (Lipinski definition) is 1. The van der Waals surface area contributed by atoms with Crippen molar-refractivity contribution in [1.29, 1.82) is 0 Å². The van der Waals surface area contributed by atoms with E-state index >= 15 is 0 Å². The minimum Gasteiger partial charge on any atom is -0.484 e. The average molecular weight is 322 g/mol. The Morgan fingerprint density at radius 3 is 2.84 bits per heavy atom. The molecule has 1 N–H and O–H groups in total. The van der Waals surface area contributed by atoms with E-state index in [-0.39, 0.29) is 0 Å². The van der Waals surface area contributed by atoms with Gasteiger partial charge < -0.3 is 9.84 Å². The van der Waals surface area contributed by atoms with E-state index in [9.17, 15) is 5.11 Å². The van der Waals surface area contributed by atoms with E-state index in [2.05, 4.69) is 27.8 Å². The molecule has 19 heavy (non-hydrogen) atoms. The quantitative estimate of drug-likeness (QED) is 0.757. The first-order valence-electron chi connectivity index (χ1n) is 6.29. The van der Waals surface area contributed by atoms with Crippen LogP contribution in [0.4, 0.5) is 0 Å². The van der Waals surface area contributed by atoms with E-state index < -0.39 is 10.1 Å². The van der Waals surface area contributed by atoms with Gasteiger partial charge in [0.25, 0.3) is 0 Å². The number of ether oxygens (including phenoxy) is 1. The molecular weight excluding hydrogens is 306 g/mol. The second kappa shape index (κ2) is 3.93. The van der Waals surface area contributed by atoms with E-state index in [4.69, 9.17) is 4.74 Å². The zero-order chi connectivity index (χ0) is 13.8. The van der Waals surface area contributed by atoms with Crippen LogP contribution in [-0.4, -0.2) is 20.2 Å². The Morgan fingerprint density at radius 1 is 1.37 bits per heavy atom. The highest BCUT2D eigenvalue weighted by molar-refractivity contribution is 9.10. The van der Waals surface area contributed by atoms with Crippen molar-refractivity contribution in [2.45, 2.75) is 37.3 Å². The first-order chi connectivity index (χ1) is 8.80. The number of nitrogens with zero attached hydrogens (tertiary/aromatic N) is 1. The van der Waals surface area contributed by atoms with Gasteiger partial charge in [-0.2, -0.15) is 0 Å². The molecule has 4 heteroatoms. The Bertz CT molecular complexity index is 664. The standard InChI is InChI=1S/C15H16BrNO2/c1-9-4-5-17-12-6-10-8-15(16,18)14(2,3)19-13(10)7-11(9)12/h4-7,18H,8H2,1-3H3. The predicted octanol–water partition coefficient (Wildman–Crippen LogP) is 3.34. The number of halogens is 1. The number of rotatable bonds is 0. The number of pyridine rings is 1. The summed E-state index contributed by atoms with van der Waals surface area (Å²) in [5, 5.41) is 11.5. The van der Waals surface area contributed by atoms with Gasteiger partial charge in [0.2, 0.25) is 0 Å².